The van der Waals surface area contributed by atoms with Crippen LogP contribution in [0.15, 0.2) is 24.3 Å². The predicted molar refractivity (Wildman–Crippen MR) is 160 cm³/mol. The number of aliphatic carboxylic acids is 1. The second kappa shape index (κ2) is 17.3. The van der Waals surface area contributed by atoms with E-state index in [0.29, 0.717) is 64.5 Å². The Kier molecular flexibility index (Phi) is 13.9. The molecule has 3 heterocycles. The van der Waals surface area contributed by atoms with Gasteiger partial charge in [0.1, 0.15) is 11.8 Å². The Morgan fingerprint density at radius 1 is 0.762 bits per heavy atom. The number of amides is 2. The molecule has 3 aliphatic heterocycles. The Morgan fingerprint density at radius 3 is 1.69 bits per heavy atom. The van der Waals surface area contributed by atoms with E-state index in [4.69, 9.17) is 5.73 Å². The first-order valence-corrected chi connectivity index (χ1v) is 14.8. The van der Waals surface area contributed by atoms with E-state index in [1.165, 1.54) is 12.1 Å². The summed E-state index contributed by atoms with van der Waals surface area (Å²) < 4.78 is 0. The number of phenolic OH excluding ortho intramolecular Hbond substituents is 1. The lowest BCUT2D eigenvalue weighted by molar-refractivity contribution is -0.141. The van der Waals surface area contributed by atoms with Crippen LogP contribution in [0.3, 0.4) is 0 Å². The third kappa shape index (κ3) is 12.2. The summed E-state index contributed by atoms with van der Waals surface area (Å²) >= 11 is 0. The molecule has 0 spiro atoms. The smallest absolute Gasteiger partial charge is 0.326 e. The van der Waals surface area contributed by atoms with E-state index in [2.05, 4.69) is 42.5 Å². The number of hydrogen-bond acceptors (Lipinski definition) is 11. The number of carboxylic acid groups (broad SMARTS) is 1. The van der Waals surface area contributed by atoms with Crippen molar-refractivity contribution in [2.24, 2.45) is 5.73 Å². The van der Waals surface area contributed by atoms with Gasteiger partial charge in [0.15, 0.2) is 0 Å². The van der Waals surface area contributed by atoms with Crippen LogP contribution in [0.4, 0.5) is 0 Å². The molecule has 3 saturated heterocycles. The van der Waals surface area contributed by atoms with E-state index in [1.54, 1.807) is 12.1 Å². The summed E-state index contributed by atoms with van der Waals surface area (Å²) in [7, 11) is 0. The molecule has 3 aliphatic rings. The van der Waals surface area contributed by atoms with Gasteiger partial charge in [0, 0.05) is 97.8 Å². The summed E-state index contributed by atoms with van der Waals surface area (Å²) in [6.45, 7) is 8.03. The zero-order valence-corrected chi connectivity index (χ0v) is 24.4. The van der Waals surface area contributed by atoms with Crippen LogP contribution in [0.2, 0.25) is 0 Å². The standard InChI is InChI=1S/C28H49N9O5/c29-27-15-30-8-11-33-18-28(19-34-12-9-31-16-27,20-35-13-10-32-17-27)37-25(40)3-1-2-24(39)36-23(26(41)42)14-21-4-6-22(38)7-5-21/h4-7,23,30-35,38H,1-3,8-20,29H2,(H,36,39)(H,37,40)(H,41,42). The normalized spacial score (nSPS) is 25.5. The summed E-state index contributed by atoms with van der Waals surface area (Å²) in [6, 6.07) is 5.07. The average Bonchev–Trinajstić information content (AvgIpc) is 2.94. The molecular formula is C28H49N9O5. The van der Waals surface area contributed by atoms with Crippen molar-refractivity contribution in [3.63, 3.8) is 0 Å². The van der Waals surface area contributed by atoms with Crippen molar-refractivity contribution in [1.82, 2.24) is 42.5 Å². The third-order valence-electron chi connectivity index (χ3n) is 7.48. The first-order chi connectivity index (χ1) is 20.2. The Morgan fingerprint density at radius 2 is 1.21 bits per heavy atom. The van der Waals surface area contributed by atoms with E-state index in [9.17, 15) is 24.6 Å². The quantitative estimate of drug-likeness (QED) is 0.137. The Hall–Kier alpha value is -2.85. The number of phenols is 1. The lowest BCUT2D eigenvalue weighted by atomic mass is 9.97. The molecule has 1 unspecified atom stereocenters. The van der Waals surface area contributed by atoms with Crippen LogP contribution in [0, 0.1) is 0 Å². The second-order valence-corrected chi connectivity index (χ2v) is 11.4. The largest absolute Gasteiger partial charge is 0.508 e. The van der Waals surface area contributed by atoms with Gasteiger partial charge in [0.2, 0.25) is 11.8 Å². The number of rotatable bonds is 9. The van der Waals surface area contributed by atoms with Gasteiger partial charge in [-0.05, 0) is 24.1 Å². The number of aromatic hydroxyl groups is 1. The molecule has 0 aromatic heterocycles. The fourth-order valence-corrected chi connectivity index (χ4v) is 5.13. The highest BCUT2D eigenvalue weighted by molar-refractivity contribution is 5.84. The molecule has 42 heavy (non-hydrogen) atoms. The van der Waals surface area contributed by atoms with Crippen LogP contribution in [-0.2, 0) is 20.8 Å². The zero-order valence-electron chi connectivity index (χ0n) is 24.4. The summed E-state index contributed by atoms with van der Waals surface area (Å²) in [6.07, 6.45) is 0.533. The maximum Gasteiger partial charge on any atom is 0.326 e. The van der Waals surface area contributed by atoms with Gasteiger partial charge in [0.05, 0.1) is 11.1 Å². The monoisotopic (exact) mass is 591 g/mol. The van der Waals surface area contributed by atoms with Crippen molar-refractivity contribution >= 4 is 17.8 Å². The van der Waals surface area contributed by atoms with Crippen molar-refractivity contribution in [3.05, 3.63) is 29.8 Å². The maximum atomic E-state index is 13.1. The molecular weight excluding hydrogens is 542 g/mol. The van der Waals surface area contributed by atoms with E-state index in [-0.39, 0.29) is 37.3 Å². The molecule has 1 aromatic rings. The summed E-state index contributed by atoms with van der Waals surface area (Å²) in [4.78, 5) is 37.3. The minimum atomic E-state index is -1.15. The molecule has 0 aliphatic carbocycles. The topological polar surface area (TPSA) is 214 Å². The van der Waals surface area contributed by atoms with Gasteiger partial charge in [-0.15, -0.1) is 0 Å². The number of carboxylic acids is 1. The molecule has 1 atom stereocenters. The van der Waals surface area contributed by atoms with Crippen LogP contribution in [0.1, 0.15) is 24.8 Å². The summed E-state index contributed by atoms with van der Waals surface area (Å²) in [5, 5.41) is 45.5. The molecule has 4 rings (SSSR count). The van der Waals surface area contributed by atoms with Gasteiger partial charge in [0.25, 0.3) is 0 Å². The Labute approximate surface area is 247 Å². The number of carbonyl (C=O) groups is 3. The fourth-order valence-electron chi connectivity index (χ4n) is 5.13. The lowest BCUT2D eigenvalue weighted by Gasteiger charge is -2.37. The highest BCUT2D eigenvalue weighted by atomic mass is 16.4. The third-order valence-corrected chi connectivity index (χ3v) is 7.48. The van der Waals surface area contributed by atoms with Crippen LogP contribution in [0.5, 0.6) is 5.75 Å². The van der Waals surface area contributed by atoms with Gasteiger partial charge >= 0.3 is 5.97 Å². The second-order valence-electron chi connectivity index (χ2n) is 11.4. The number of benzene rings is 1. The molecule has 1 aromatic carbocycles. The van der Waals surface area contributed by atoms with E-state index < -0.39 is 29.0 Å². The molecule has 236 valence electrons. The zero-order chi connectivity index (χ0) is 30.3. The van der Waals surface area contributed by atoms with Gasteiger partial charge in [-0.25, -0.2) is 4.79 Å². The molecule has 12 N–H and O–H groups in total. The first kappa shape index (κ1) is 33.6. The van der Waals surface area contributed by atoms with Crippen molar-refractivity contribution in [1.29, 1.82) is 0 Å². The van der Waals surface area contributed by atoms with Gasteiger partial charge in [-0.1, -0.05) is 12.1 Å². The number of carbonyl (C=O) groups excluding carboxylic acids is 2. The molecule has 2 amide bonds. The van der Waals surface area contributed by atoms with E-state index in [0.717, 1.165) is 19.6 Å². The number of nitrogens with two attached hydrogens (primary N) is 1. The van der Waals surface area contributed by atoms with Crippen LogP contribution in [0.25, 0.3) is 0 Å². The predicted octanol–water partition coefficient (Wildman–Crippen LogP) is -3.21. The number of fused-ring (bicyclic) bond motifs is 15. The molecule has 3 fully saturated rings. The molecule has 14 heteroatoms. The van der Waals surface area contributed by atoms with Crippen molar-refractivity contribution in [3.8, 4) is 5.75 Å². The maximum absolute atomic E-state index is 13.1. The molecule has 0 saturated carbocycles. The molecule has 14 nitrogen and oxygen atoms in total. The average molecular weight is 592 g/mol. The number of hydrogen-bond donors (Lipinski definition) is 11. The first-order valence-electron chi connectivity index (χ1n) is 14.8. The van der Waals surface area contributed by atoms with Crippen LogP contribution < -0.4 is 48.3 Å². The highest BCUT2D eigenvalue weighted by Gasteiger charge is 2.32. The molecule has 0 radical (unpaired) electrons. The Balaban J connectivity index is 1.54. The lowest BCUT2D eigenvalue weighted by Crippen LogP contribution is -2.67. The van der Waals surface area contributed by atoms with Crippen molar-refractivity contribution in [2.45, 2.75) is 42.8 Å². The van der Waals surface area contributed by atoms with Crippen molar-refractivity contribution < 1.29 is 24.6 Å². The summed E-state index contributed by atoms with van der Waals surface area (Å²) in [5.41, 5.74) is 6.34. The number of nitrogens with one attached hydrogen (secondary N) is 8. The van der Waals surface area contributed by atoms with Gasteiger partial charge in [-0.2, -0.15) is 0 Å². The SMILES string of the molecule is NC12CNCCNCC(NC(=O)CCCC(=O)NC(Cc3ccc(O)cc3)C(=O)O)(CNCCNC1)CNCCNC2. The van der Waals surface area contributed by atoms with Crippen LogP contribution >= 0.6 is 0 Å². The van der Waals surface area contributed by atoms with Crippen molar-refractivity contribution in [2.75, 3.05) is 78.5 Å². The van der Waals surface area contributed by atoms with Crippen LogP contribution in [-0.4, -0.2) is 124 Å². The summed E-state index contributed by atoms with van der Waals surface area (Å²) in [5.74, 6) is -1.66. The molecule has 2 bridgehead atoms. The van der Waals surface area contributed by atoms with Gasteiger partial charge < -0.3 is 58.5 Å². The van der Waals surface area contributed by atoms with E-state index in [1.807, 2.05) is 0 Å². The Bertz CT molecular complexity index is 951. The van der Waals surface area contributed by atoms with E-state index >= 15 is 0 Å². The minimum Gasteiger partial charge on any atom is -0.508 e. The minimum absolute atomic E-state index is 0.0279. The van der Waals surface area contributed by atoms with Gasteiger partial charge in [-0.3, -0.25) is 9.59 Å². The highest BCUT2D eigenvalue weighted by Crippen LogP contribution is 2.12. The fraction of sp³-hybridized carbons (Fsp3) is 0.679.